The highest BCUT2D eigenvalue weighted by Gasteiger charge is 2.47. The fourth-order valence-electron chi connectivity index (χ4n) is 4.46. The summed E-state index contributed by atoms with van der Waals surface area (Å²) in [5.74, 6) is -0.284. The molecular weight excluding hydrogens is 470 g/mol. The van der Waals surface area contributed by atoms with E-state index in [9.17, 15) is 14.7 Å². The molecule has 0 saturated carbocycles. The van der Waals surface area contributed by atoms with Gasteiger partial charge >= 0.3 is 0 Å². The Bertz CT molecular complexity index is 1350. The summed E-state index contributed by atoms with van der Waals surface area (Å²) in [5, 5.41) is 11.4. The molecule has 37 heavy (non-hydrogen) atoms. The van der Waals surface area contributed by atoms with E-state index in [2.05, 4.69) is 20.8 Å². The highest BCUT2D eigenvalue weighted by molar-refractivity contribution is 6.51. The van der Waals surface area contributed by atoms with Crippen LogP contribution >= 0.6 is 0 Å². The van der Waals surface area contributed by atoms with Crippen LogP contribution in [0.1, 0.15) is 43.5 Å². The van der Waals surface area contributed by atoms with E-state index in [4.69, 9.17) is 14.2 Å². The number of benzene rings is 3. The van der Waals surface area contributed by atoms with Gasteiger partial charge in [0.25, 0.3) is 11.7 Å². The van der Waals surface area contributed by atoms with Crippen molar-refractivity contribution in [1.82, 2.24) is 0 Å². The van der Waals surface area contributed by atoms with Crippen molar-refractivity contribution < 1.29 is 28.9 Å². The second-order valence-electron chi connectivity index (χ2n) is 9.81. The van der Waals surface area contributed by atoms with Gasteiger partial charge in [-0.2, -0.15) is 0 Å². The number of Topliss-reactive ketones (excluding diaryl/α,β-unsaturated/α-hetero) is 1. The molecule has 192 valence electrons. The molecule has 1 heterocycles. The topological polar surface area (TPSA) is 85.3 Å². The van der Waals surface area contributed by atoms with Gasteiger partial charge < -0.3 is 19.3 Å². The first-order valence-electron chi connectivity index (χ1n) is 11.9. The number of carbonyl (C=O) groups excluding carboxylic acids is 2. The Kier molecular flexibility index (Phi) is 6.99. The molecule has 3 aromatic carbocycles. The Morgan fingerprint density at radius 2 is 1.43 bits per heavy atom. The highest BCUT2D eigenvalue weighted by atomic mass is 16.5. The van der Waals surface area contributed by atoms with Gasteiger partial charge in [-0.1, -0.05) is 45.0 Å². The van der Waals surface area contributed by atoms with Gasteiger partial charge in [-0.25, -0.2) is 0 Å². The standard InChI is InChI=1S/C30H31NO6/c1-30(2,3)20-10-12-21(13-11-20)31-26(18-7-14-22(35-4)15-8-18)25(28(33)29(31)34)27(32)19-9-16-23(36-5)24(17-19)37-6/h7-17,26,32H,1-6H3/b27-25-. The van der Waals surface area contributed by atoms with Crippen LogP contribution in [0.4, 0.5) is 5.69 Å². The zero-order valence-electron chi connectivity index (χ0n) is 21.9. The van der Waals surface area contributed by atoms with Gasteiger partial charge in [-0.05, 0) is 59.0 Å². The summed E-state index contributed by atoms with van der Waals surface area (Å²) in [6.45, 7) is 6.32. The lowest BCUT2D eigenvalue weighted by molar-refractivity contribution is -0.132. The van der Waals surface area contributed by atoms with Crippen LogP contribution in [0.3, 0.4) is 0 Å². The first-order chi connectivity index (χ1) is 17.6. The zero-order valence-corrected chi connectivity index (χ0v) is 21.9. The monoisotopic (exact) mass is 501 g/mol. The van der Waals surface area contributed by atoms with Crippen molar-refractivity contribution >= 4 is 23.1 Å². The average Bonchev–Trinajstić information content (AvgIpc) is 3.17. The maximum atomic E-state index is 13.4. The molecule has 3 aromatic rings. The van der Waals surface area contributed by atoms with Gasteiger partial charge in [0.2, 0.25) is 0 Å². The number of nitrogens with zero attached hydrogens (tertiary/aromatic N) is 1. The van der Waals surface area contributed by atoms with Gasteiger partial charge in [0.1, 0.15) is 11.5 Å². The van der Waals surface area contributed by atoms with Crippen molar-refractivity contribution in [2.45, 2.75) is 32.2 Å². The summed E-state index contributed by atoms with van der Waals surface area (Å²) in [6.07, 6.45) is 0. The van der Waals surface area contributed by atoms with Crippen molar-refractivity contribution in [3.8, 4) is 17.2 Å². The van der Waals surface area contributed by atoms with Crippen LogP contribution in [-0.2, 0) is 15.0 Å². The number of amides is 1. The second-order valence-corrected chi connectivity index (χ2v) is 9.81. The number of aliphatic hydroxyl groups excluding tert-OH is 1. The third-order valence-corrected chi connectivity index (χ3v) is 6.54. The lowest BCUT2D eigenvalue weighted by Gasteiger charge is -2.27. The molecule has 0 radical (unpaired) electrons. The van der Waals surface area contributed by atoms with E-state index in [1.807, 2.05) is 24.3 Å². The molecule has 1 fully saturated rings. The van der Waals surface area contributed by atoms with E-state index >= 15 is 0 Å². The zero-order chi connectivity index (χ0) is 26.9. The molecule has 7 nitrogen and oxygen atoms in total. The van der Waals surface area contributed by atoms with E-state index in [1.165, 1.54) is 19.1 Å². The third-order valence-electron chi connectivity index (χ3n) is 6.54. The molecule has 1 aliphatic rings. The smallest absolute Gasteiger partial charge is 0.300 e. The van der Waals surface area contributed by atoms with Crippen LogP contribution < -0.4 is 19.1 Å². The van der Waals surface area contributed by atoms with Gasteiger partial charge in [-0.3, -0.25) is 14.5 Å². The summed E-state index contributed by atoms with van der Waals surface area (Å²) >= 11 is 0. The van der Waals surface area contributed by atoms with Gasteiger partial charge in [0.15, 0.2) is 11.5 Å². The van der Waals surface area contributed by atoms with Crippen LogP contribution in [0.5, 0.6) is 17.2 Å². The molecule has 1 atom stereocenters. The first-order valence-corrected chi connectivity index (χ1v) is 11.9. The largest absolute Gasteiger partial charge is 0.507 e. The molecule has 0 aromatic heterocycles. The van der Waals surface area contributed by atoms with E-state index in [1.54, 1.807) is 49.6 Å². The van der Waals surface area contributed by atoms with Crippen molar-refractivity contribution in [1.29, 1.82) is 0 Å². The highest BCUT2D eigenvalue weighted by Crippen LogP contribution is 2.43. The number of rotatable bonds is 6. The summed E-state index contributed by atoms with van der Waals surface area (Å²) in [7, 11) is 4.56. The predicted molar refractivity (Wildman–Crippen MR) is 142 cm³/mol. The summed E-state index contributed by atoms with van der Waals surface area (Å²) < 4.78 is 15.9. The second kappa shape index (κ2) is 10.0. The van der Waals surface area contributed by atoms with Crippen LogP contribution in [0, 0.1) is 0 Å². The Hall–Kier alpha value is -4.26. The van der Waals surface area contributed by atoms with Crippen molar-refractivity contribution in [3.63, 3.8) is 0 Å². The molecular formula is C30H31NO6. The third kappa shape index (κ3) is 4.77. The Morgan fingerprint density at radius 3 is 1.97 bits per heavy atom. The molecule has 1 aliphatic heterocycles. The molecule has 7 heteroatoms. The Morgan fingerprint density at radius 1 is 0.811 bits per heavy atom. The fourth-order valence-corrected chi connectivity index (χ4v) is 4.46. The Balaban J connectivity index is 1.90. The Labute approximate surface area is 216 Å². The van der Waals surface area contributed by atoms with Crippen LogP contribution in [0.15, 0.2) is 72.3 Å². The maximum Gasteiger partial charge on any atom is 0.300 e. The average molecular weight is 502 g/mol. The number of anilines is 1. The number of hydrogen-bond acceptors (Lipinski definition) is 6. The van der Waals surface area contributed by atoms with Crippen molar-refractivity contribution in [2.24, 2.45) is 0 Å². The number of ether oxygens (including phenoxy) is 3. The number of carbonyl (C=O) groups is 2. The van der Waals surface area contributed by atoms with E-state index in [0.29, 0.717) is 34.1 Å². The minimum absolute atomic E-state index is 0.0118. The van der Waals surface area contributed by atoms with Gasteiger partial charge in [0, 0.05) is 11.3 Å². The number of methoxy groups -OCH3 is 3. The minimum atomic E-state index is -0.848. The lowest BCUT2D eigenvalue weighted by atomic mass is 9.87. The summed E-state index contributed by atoms with van der Waals surface area (Å²) in [6, 6.07) is 18.6. The maximum absolute atomic E-state index is 13.4. The molecule has 1 saturated heterocycles. The van der Waals surface area contributed by atoms with E-state index in [-0.39, 0.29) is 16.7 Å². The fraction of sp³-hybridized carbons (Fsp3) is 0.267. The molecule has 0 aliphatic carbocycles. The molecule has 4 rings (SSSR count). The number of hydrogen-bond donors (Lipinski definition) is 1. The minimum Gasteiger partial charge on any atom is -0.507 e. The van der Waals surface area contributed by atoms with Crippen LogP contribution in [0.25, 0.3) is 5.76 Å². The quantitative estimate of drug-likeness (QED) is 0.267. The molecule has 1 amide bonds. The summed E-state index contributed by atoms with van der Waals surface area (Å²) in [4.78, 5) is 28.3. The van der Waals surface area contributed by atoms with Gasteiger partial charge in [0.05, 0.1) is 32.9 Å². The van der Waals surface area contributed by atoms with Gasteiger partial charge in [-0.15, -0.1) is 0 Å². The summed E-state index contributed by atoms with van der Waals surface area (Å²) in [5.41, 5.74) is 2.55. The first kappa shape index (κ1) is 25.8. The predicted octanol–water partition coefficient (Wildman–Crippen LogP) is 5.64. The van der Waals surface area contributed by atoms with E-state index < -0.39 is 17.7 Å². The SMILES string of the molecule is COc1ccc(C2/C(=C(/O)c3ccc(OC)c(OC)c3)C(=O)C(=O)N2c2ccc(C(C)(C)C)cc2)cc1. The van der Waals surface area contributed by atoms with Crippen LogP contribution in [-0.4, -0.2) is 38.1 Å². The number of aliphatic hydroxyl groups is 1. The lowest BCUT2D eigenvalue weighted by Crippen LogP contribution is -2.29. The van der Waals surface area contributed by atoms with Crippen LogP contribution in [0.2, 0.25) is 0 Å². The van der Waals surface area contributed by atoms with Crippen molar-refractivity contribution in [3.05, 3.63) is 89.0 Å². The molecule has 1 N–H and O–H groups in total. The molecule has 0 bridgehead atoms. The van der Waals surface area contributed by atoms with Crippen molar-refractivity contribution in [2.75, 3.05) is 26.2 Å². The normalized spacial score (nSPS) is 17.1. The molecule has 1 unspecified atom stereocenters. The molecule has 0 spiro atoms. The number of ketones is 1. The van der Waals surface area contributed by atoms with E-state index in [0.717, 1.165) is 5.56 Å².